The van der Waals surface area contributed by atoms with Crippen molar-refractivity contribution >= 4 is 17.6 Å². The molecule has 0 fully saturated rings. The number of rotatable bonds is 3. The molecule has 7 nitrogen and oxygen atoms in total. The number of benzene rings is 1. The first kappa shape index (κ1) is 12.8. The van der Waals surface area contributed by atoms with E-state index in [1.54, 1.807) is 42.7 Å². The van der Waals surface area contributed by atoms with E-state index < -0.39 is 0 Å². The Morgan fingerprint density at radius 2 is 1.86 bits per heavy atom. The van der Waals surface area contributed by atoms with Crippen LogP contribution in [0, 0.1) is 0 Å². The first-order chi connectivity index (χ1) is 10.2. The topological polar surface area (TPSA) is 110 Å². The summed E-state index contributed by atoms with van der Waals surface area (Å²) in [5.41, 5.74) is 6.92. The normalized spacial score (nSPS) is 10.3. The van der Waals surface area contributed by atoms with Crippen LogP contribution in [0.15, 0.2) is 48.8 Å². The van der Waals surface area contributed by atoms with Crippen LogP contribution >= 0.6 is 0 Å². The van der Waals surface area contributed by atoms with Crippen LogP contribution in [0.1, 0.15) is 0 Å². The van der Waals surface area contributed by atoms with Crippen LogP contribution in [0.5, 0.6) is 5.75 Å². The van der Waals surface area contributed by atoms with Gasteiger partial charge in [0.25, 0.3) is 0 Å². The molecule has 21 heavy (non-hydrogen) atoms. The van der Waals surface area contributed by atoms with Crippen LogP contribution in [0.4, 0.5) is 17.6 Å². The third-order valence-electron chi connectivity index (χ3n) is 2.72. The fourth-order valence-electron chi connectivity index (χ4n) is 1.77. The summed E-state index contributed by atoms with van der Waals surface area (Å²) >= 11 is 0. The molecule has 0 bridgehead atoms. The summed E-state index contributed by atoms with van der Waals surface area (Å²) in [6.07, 6.45) is 3.30. The molecule has 3 rings (SSSR count). The third kappa shape index (κ3) is 2.86. The van der Waals surface area contributed by atoms with E-state index in [1.807, 2.05) is 6.07 Å². The number of hydrogen-bond donors (Lipinski definition) is 3. The van der Waals surface area contributed by atoms with Crippen LogP contribution in [0.3, 0.4) is 0 Å². The minimum atomic E-state index is 0.0850. The summed E-state index contributed by atoms with van der Waals surface area (Å²) in [6.45, 7) is 0. The van der Waals surface area contributed by atoms with Gasteiger partial charge in [0.2, 0.25) is 11.9 Å². The summed E-state index contributed by atoms with van der Waals surface area (Å²) in [5, 5.41) is 12.7. The molecule has 0 spiro atoms. The lowest BCUT2D eigenvalue weighted by Crippen LogP contribution is -2.05. The molecule has 2 heterocycles. The van der Waals surface area contributed by atoms with Gasteiger partial charge < -0.3 is 16.2 Å². The van der Waals surface area contributed by atoms with Gasteiger partial charge in [0, 0.05) is 18.0 Å². The van der Waals surface area contributed by atoms with Crippen molar-refractivity contribution in [3.8, 4) is 17.1 Å². The van der Waals surface area contributed by atoms with Crippen molar-refractivity contribution in [2.45, 2.75) is 0 Å². The second-order valence-electron chi connectivity index (χ2n) is 4.22. The molecule has 0 unspecified atom stereocenters. The molecule has 2 aromatic heterocycles. The quantitative estimate of drug-likeness (QED) is 0.629. The molecule has 3 aromatic rings. The highest BCUT2D eigenvalue weighted by Gasteiger charge is 2.08. The highest BCUT2D eigenvalue weighted by molar-refractivity contribution is 5.64. The molecule has 0 amide bonds. The lowest BCUT2D eigenvalue weighted by atomic mass is 10.3. The number of aromatic hydroxyl groups is 1. The van der Waals surface area contributed by atoms with Crippen LogP contribution in [-0.4, -0.2) is 25.0 Å². The Kier molecular flexibility index (Phi) is 3.30. The zero-order valence-electron chi connectivity index (χ0n) is 10.9. The maximum absolute atomic E-state index is 9.75. The molecule has 104 valence electrons. The van der Waals surface area contributed by atoms with E-state index in [9.17, 15) is 5.11 Å². The number of nitrogens with zero attached hydrogens (tertiary/aromatic N) is 4. The van der Waals surface area contributed by atoms with Gasteiger partial charge in [0.1, 0.15) is 5.75 Å². The van der Waals surface area contributed by atoms with Crippen molar-refractivity contribution in [1.82, 2.24) is 19.9 Å². The van der Waals surface area contributed by atoms with Crippen molar-refractivity contribution in [1.29, 1.82) is 0 Å². The molecular weight excluding hydrogens is 268 g/mol. The highest BCUT2D eigenvalue weighted by Crippen LogP contribution is 2.25. The van der Waals surface area contributed by atoms with Gasteiger partial charge in [-0.1, -0.05) is 12.1 Å². The van der Waals surface area contributed by atoms with Crippen molar-refractivity contribution in [3.05, 3.63) is 48.8 Å². The predicted molar refractivity (Wildman–Crippen MR) is 78.9 cm³/mol. The second-order valence-corrected chi connectivity index (χ2v) is 4.22. The molecule has 0 aliphatic carbocycles. The summed E-state index contributed by atoms with van der Waals surface area (Å²) in [5.74, 6) is 0.845. The highest BCUT2D eigenvalue weighted by atomic mass is 16.3. The van der Waals surface area contributed by atoms with E-state index in [0.29, 0.717) is 11.5 Å². The maximum atomic E-state index is 9.75. The Labute approximate surface area is 120 Å². The summed E-state index contributed by atoms with van der Waals surface area (Å²) in [7, 11) is 0. The summed E-state index contributed by atoms with van der Waals surface area (Å²) < 4.78 is 0. The predicted octanol–water partition coefficient (Wildman–Crippen LogP) is 1.96. The molecule has 0 saturated heterocycles. The van der Waals surface area contributed by atoms with Gasteiger partial charge in [-0.05, 0) is 24.3 Å². The van der Waals surface area contributed by atoms with Gasteiger partial charge in [-0.2, -0.15) is 15.0 Å². The molecule has 0 atom stereocenters. The number of aromatic nitrogens is 4. The van der Waals surface area contributed by atoms with Gasteiger partial charge in [0.05, 0.1) is 5.69 Å². The summed E-state index contributed by atoms with van der Waals surface area (Å²) in [6, 6.07) is 10.4. The average Bonchev–Trinajstić information content (AvgIpc) is 2.50. The largest absolute Gasteiger partial charge is 0.506 e. The number of nitrogen functional groups attached to an aromatic ring is 1. The number of nitrogens with two attached hydrogens (primary N) is 1. The Bertz CT molecular complexity index is 762. The van der Waals surface area contributed by atoms with Crippen molar-refractivity contribution in [2.75, 3.05) is 11.1 Å². The van der Waals surface area contributed by atoms with E-state index in [1.165, 1.54) is 0 Å². The van der Waals surface area contributed by atoms with Crippen LogP contribution in [0.2, 0.25) is 0 Å². The molecule has 0 saturated carbocycles. The first-order valence-electron chi connectivity index (χ1n) is 6.19. The SMILES string of the molecule is Nc1nc(Nc2ccccc2O)nc(-c2cccnc2)n1. The lowest BCUT2D eigenvalue weighted by molar-refractivity contribution is 0.477. The number of nitrogens with one attached hydrogen (secondary N) is 1. The maximum Gasteiger partial charge on any atom is 0.232 e. The van der Waals surface area contributed by atoms with Crippen LogP contribution < -0.4 is 11.1 Å². The summed E-state index contributed by atoms with van der Waals surface area (Å²) in [4.78, 5) is 16.4. The van der Waals surface area contributed by atoms with E-state index >= 15 is 0 Å². The molecule has 1 aromatic carbocycles. The number of anilines is 3. The van der Waals surface area contributed by atoms with Crippen LogP contribution in [0.25, 0.3) is 11.4 Å². The molecule has 0 aliphatic heterocycles. The molecular formula is C14H12N6O. The van der Waals surface area contributed by atoms with Gasteiger partial charge in [-0.15, -0.1) is 0 Å². The van der Waals surface area contributed by atoms with Crippen molar-refractivity contribution in [2.24, 2.45) is 0 Å². The average molecular weight is 280 g/mol. The fraction of sp³-hybridized carbons (Fsp3) is 0. The zero-order valence-corrected chi connectivity index (χ0v) is 10.9. The van der Waals surface area contributed by atoms with Crippen molar-refractivity contribution in [3.63, 3.8) is 0 Å². The second kappa shape index (κ2) is 5.41. The Balaban J connectivity index is 1.97. The minimum Gasteiger partial charge on any atom is -0.506 e. The number of phenols is 1. The molecule has 0 radical (unpaired) electrons. The Morgan fingerprint density at radius 3 is 2.62 bits per heavy atom. The van der Waals surface area contributed by atoms with Gasteiger partial charge >= 0.3 is 0 Å². The van der Waals surface area contributed by atoms with E-state index in [-0.39, 0.29) is 17.6 Å². The minimum absolute atomic E-state index is 0.0850. The van der Waals surface area contributed by atoms with E-state index in [2.05, 4.69) is 25.3 Å². The zero-order chi connectivity index (χ0) is 14.7. The third-order valence-corrected chi connectivity index (χ3v) is 2.72. The standard InChI is InChI=1S/C14H12N6O/c15-13-18-12(9-4-3-7-16-8-9)19-14(20-13)17-10-5-1-2-6-11(10)21/h1-8,21H,(H3,15,17,18,19,20). The van der Waals surface area contributed by atoms with Gasteiger partial charge in [-0.25, -0.2) is 0 Å². The molecule has 4 N–H and O–H groups in total. The van der Waals surface area contributed by atoms with Crippen molar-refractivity contribution < 1.29 is 5.11 Å². The monoisotopic (exact) mass is 280 g/mol. The smallest absolute Gasteiger partial charge is 0.232 e. The Hall–Kier alpha value is -3.22. The van der Waals surface area contributed by atoms with Gasteiger partial charge in [-0.3, -0.25) is 4.98 Å². The lowest BCUT2D eigenvalue weighted by Gasteiger charge is -2.08. The number of hydrogen-bond acceptors (Lipinski definition) is 7. The molecule has 7 heteroatoms. The first-order valence-corrected chi connectivity index (χ1v) is 6.19. The van der Waals surface area contributed by atoms with Gasteiger partial charge in [0.15, 0.2) is 5.82 Å². The fourth-order valence-corrected chi connectivity index (χ4v) is 1.77. The Morgan fingerprint density at radius 1 is 1.00 bits per heavy atom. The van der Waals surface area contributed by atoms with E-state index in [0.717, 1.165) is 5.56 Å². The number of phenolic OH excluding ortho intramolecular Hbond substituents is 1. The number of pyridine rings is 1. The number of para-hydroxylation sites is 2. The van der Waals surface area contributed by atoms with Crippen LogP contribution in [-0.2, 0) is 0 Å². The molecule has 0 aliphatic rings. The van der Waals surface area contributed by atoms with E-state index in [4.69, 9.17) is 5.73 Å².